The molecule has 0 spiro atoms. The largest absolute Gasteiger partial charge is 0.397 e. The summed E-state index contributed by atoms with van der Waals surface area (Å²) in [4.78, 5) is 0. The van der Waals surface area contributed by atoms with E-state index in [4.69, 9.17) is 5.73 Å². The summed E-state index contributed by atoms with van der Waals surface area (Å²) in [5.74, 6) is 0. The number of anilines is 2. The molecule has 3 N–H and O–H groups in total. The van der Waals surface area contributed by atoms with Crippen molar-refractivity contribution in [3.8, 4) is 0 Å². The average Bonchev–Trinajstić information content (AvgIpc) is 3.02. The fourth-order valence-electron chi connectivity index (χ4n) is 1.58. The van der Waals surface area contributed by atoms with E-state index in [1.807, 2.05) is 19.9 Å². The minimum atomic E-state index is -3.23. The molecule has 16 heavy (non-hydrogen) atoms. The van der Waals surface area contributed by atoms with E-state index in [-0.39, 0.29) is 5.25 Å². The third kappa shape index (κ3) is 2.00. The minimum Gasteiger partial charge on any atom is -0.397 e. The second-order valence-corrected chi connectivity index (χ2v) is 6.28. The summed E-state index contributed by atoms with van der Waals surface area (Å²) in [5.41, 5.74) is 8.73. The second kappa shape index (κ2) is 3.66. The van der Waals surface area contributed by atoms with Gasteiger partial charge in [-0.1, -0.05) is 6.07 Å². The molecule has 1 fully saturated rings. The maximum atomic E-state index is 11.8. The van der Waals surface area contributed by atoms with Gasteiger partial charge in [0.25, 0.3) is 0 Å². The van der Waals surface area contributed by atoms with E-state index in [9.17, 15) is 8.42 Å². The predicted molar refractivity (Wildman–Crippen MR) is 65.9 cm³/mol. The van der Waals surface area contributed by atoms with Gasteiger partial charge in [0.2, 0.25) is 10.0 Å². The molecule has 5 heteroatoms. The Hall–Kier alpha value is -1.23. The highest BCUT2D eigenvalue weighted by atomic mass is 32.2. The van der Waals surface area contributed by atoms with Crippen LogP contribution in [0, 0.1) is 13.8 Å². The molecule has 0 saturated heterocycles. The van der Waals surface area contributed by atoms with Crippen molar-refractivity contribution in [2.45, 2.75) is 31.9 Å². The predicted octanol–water partition coefficient (Wildman–Crippen LogP) is 1.79. The lowest BCUT2D eigenvalue weighted by Crippen LogP contribution is -2.19. The molecule has 0 bridgehead atoms. The molecule has 2 rings (SSSR count). The first-order chi connectivity index (χ1) is 7.42. The summed E-state index contributed by atoms with van der Waals surface area (Å²) in [6.07, 6.45) is 1.50. The number of rotatable bonds is 3. The van der Waals surface area contributed by atoms with Crippen molar-refractivity contribution >= 4 is 21.4 Å². The third-order valence-electron chi connectivity index (χ3n) is 2.98. The Morgan fingerprint density at radius 3 is 2.50 bits per heavy atom. The van der Waals surface area contributed by atoms with Crippen LogP contribution in [0.3, 0.4) is 0 Å². The van der Waals surface area contributed by atoms with Gasteiger partial charge in [-0.15, -0.1) is 0 Å². The summed E-state index contributed by atoms with van der Waals surface area (Å²) in [6, 6.07) is 3.62. The van der Waals surface area contributed by atoms with Gasteiger partial charge in [0.15, 0.2) is 0 Å². The van der Waals surface area contributed by atoms with E-state index < -0.39 is 10.0 Å². The highest BCUT2D eigenvalue weighted by Gasteiger charge is 2.36. The Kier molecular flexibility index (Phi) is 2.58. The molecule has 0 aromatic heterocycles. The van der Waals surface area contributed by atoms with Crippen LogP contribution in [0.2, 0.25) is 0 Å². The Bertz CT molecular complexity index is 519. The molecule has 88 valence electrons. The first-order valence-corrected chi connectivity index (χ1v) is 6.84. The molecular formula is C11H16N2O2S. The van der Waals surface area contributed by atoms with E-state index in [1.54, 1.807) is 6.07 Å². The first-order valence-electron chi connectivity index (χ1n) is 5.29. The van der Waals surface area contributed by atoms with Crippen molar-refractivity contribution in [3.05, 3.63) is 23.3 Å². The fraction of sp³-hybridized carbons (Fsp3) is 0.455. The molecule has 1 aromatic rings. The normalized spacial score (nSPS) is 16.1. The molecule has 4 nitrogen and oxygen atoms in total. The molecule has 1 saturated carbocycles. The zero-order valence-corrected chi connectivity index (χ0v) is 10.3. The molecular weight excluding hydrogens is 224 g/mol. The van der Waals surface area contributed by atoms with Gasteiger partial charge in [0.05, 0.1) is 16.6 Å². The van der Waals surface area contributed by atoms with Crippen molar-refractivity contribution < 1.29 is 8.42 Å². The van der Waals surface area contributed by atoms with Gasteiger partial charge < -0.3 is 5.73 Å². The summed E-state index contributed by atoms with van der Waals surface area (Å²) in [5, 5.41) is -0.230. The van der Waals surface area contributed by atoms with Gasteiger partial charge in [-0.05, 0) is 43.9 Å². The zero-order valence-electron chi connectivity index (χ0n) is 9.45. The van der Waals surface area contributed by atoms with Crippen LogP contribution >= 0.6 is 0 Å². The number of nitrogens with two attached hydrogens (primary N) is 1. The number of hydrogen-bond donors (Lipinski definition) is 2. The standard InChI is InChI=1S/C11H16N2O2S/c1-7-3-6-10(12)11(8(7)2)13-16(14,15)9-4-5-9/h3,6,9,13H,4-5,12H2,1-2H3. The van der Waals surface area contributed by atoms with Crippen LogP contribution in [0.5, 0.6) is 0 Å². The van der Waals surface area contributed by atoms with Crippen LogP contribution in [0.15, 0.2) is 12.1 Å². The van der Waals surface area contributed by atoms with Crippen LogP contribution in [0.25, 0.3) is 0 Å². The Morgan fingerprint density at radius 2 is 1.94 bits per heavy atom. The van der Waals surface area contributed by atoms with Crippen LogP contribution in [0.1, 0.15) is 24.0 Å². The van der Waals surface area contributed by atoms with Crippen molar-refractivity contribution in [2.24, 2.45) is 0 Å². The van der Waals surface area contributed by atoms with Crippen LogP contribution in [0.4, 0.5) is 11.4 Å². The summed E-state index contributed by atoms with van der Waals surface area (Å²) in [7, 11) is -3.23. The van der Waals surface area contributed by atoms with Gasteiger partial charge in [-0.3, -0.25) is 4.72 Å². The molecule has 1 aliphatic rings. The highest BCUT2D eigenvalue weighted by molar-refractivity contribution is 7.93. The number of hydrogen-bond acceptors (Lipinski definition) is 3. The van der Waals surface area contributed by atoms with Crippen molar-refractivity contribution in [2.75, 3.05) is 10.5 Å². The molecule has 0 amide bonds. The zero-order chi connectivity index (χ0) is 11.9. The van der Waals surface area contributed by atoms with Gasteiger partial charge in [0, 0.05) is 0 Å². The minimum absolute atomic E-state index is 0.230. The van der Waals surface area contributed by atoms with E-state index in [1.165, 1.54) is 0 Å². The maximum absolute atomic E-state index is 11.8. The maximum Gasteiger partial charge on any atom is 0.235 e. The van der Waals surface area contributed by atoms with E-state index >= 15 is 0 Å². The molecule has 1 aliphatic carbocycles. The third-order valence-corrected chi connectivity index (χ3v) is 4.81. The number of sulfonamides is 1. The summed E-state index contributed by atoms with van der Waals surface area (Å²) in [6.45, 7) is 3.81. The molecule has 0 unspecified atom stereocenters. The Morgan fingerprint density at radius 1 is 1.31 bits per heavy atom. The first kappa shape index (κ1) is 11.3. The Balaban J connectivity index is 2.37. The fourth-order valence-corrected chi connectivity index (χ4v) is 3.06. The molecule has 0 aliphatic heterocycles. The number of nitrogens with one attached hydrogen (secondary N) is 1. The molecule has 0 heterocycles. The monoisotopic (exact) mass is 240 g/mol. The van der Waals surface area contributed by atoms with Crippen LogP contribution in [-0.4, -0.2) is 13.7 Å². The number of benzene rings is 1. The van der Waals surface area contributed by atoms with Crippen molar-refractivity contribution in [1.82, 2.24) is 0 Å². The average molecular weight is 240 g/mol. The lowest BCUT2D eigenvalue weighted by atomic mass is 10.1. The van der Waals surface area contributed by atoms with E-state index in [0.717, 1.165) is 24.0 Å². The lowest BCUT2D eigenvalue weighted by Gasteiger charge is -2.14. The van der Waals surface area contributed by atoms with Crippen LogP contribution in [-0.2, 0) is 10.0 Å². The number of aryl methyl sites for hydroxylation is 1. The molecule has 0 radical (unpaired) electrons. The van der Waals surface area contributed by atoms with Gasteiger partial charge in [0.1, 0.15) is 0 Å². The molecule has 1 aromatic carbocycles. The second-order valence-electron chi connectivity index (χ2n) is 4.32. The SMILES string of the molecule is Cc1ccc(N)c(NS(=O)(=O)C2CC2)c1C. The van der Waals surface area contributed by atoms with E-state index in [0.29, 0.717) is 11.4 Å². The van der Waals surface area contributed by atoms with Crippen molar-refractivity contribution in [3.63, 3.8) is 0 Å². The summed E-state index contributed by atoms with van der Waals surface area (Å²) < 4.78 is 26.2. The smallest absolute Gasteiger partial charge is 0.235 e. The Labute approximate surface area is 95.9 Å². The number of nitrogen functional groups attached to an aromatic ring is 1. The van der Waals surface area contributed by atoms with E-state index in [2.05, 4.69) is 4.72 Å². The molecule has 0 atom stereocenters. The lowest BCUT2D eigenvalue weighted by molar-refractivity contribution is 0.600. The van der Waals surface area contributed by atoms with Crippen molar-refractivity contribution in [1.29, 1.82) is 0 Å². The van der Waals surface area contributed by atoms with Crippen LogP contribution < -0.4 is 10.5 Å². The van der Waals surface area contributed by atoms with Gasteiger partial charge in [-0.2, -0.15) is 0 Å². The van der Waals surface area contributed by atoms with Gasteiger partial charge >= 0.3 is 0 Å². The highest BCUT2D eigenvalue weighted by Crippen LogP contribution is 2.33. The topological polar surface area (TPSA) is 72.2 Å². The summed E-state index contributed by atoms with van der Waals surface area (Å²) >= 11 is 0. The quantitative estimate of drug-likeness (QED) is 0.791. The van der Waals surface area contributed by atoms with Gasteiger partial charge in [-0.25, -0.2) is 8.42 Å².